The number of carboxylic acid groups (broad SMARTS) is 1. The van der Waals surface area contributed by atoms with Crippen LogP contribution in [0.25, 0.3) is 11.1 Å². The fourth-order valence-corrected chi connectivity index (χ4v) is 5.26. The number of ether oxygens (including phenoxy) is 1. The molecule has 8 heteroatoms. The zero-order valence-corrected chi connectivity index (χ0v) is 18.2. The highest BCUT2D eigenvalue weighted by Gasteiger charge is 2.38. The summed E-state index contributed by atoms with van der Waals surface area (Å²) in [5, 5.41) is 11.5. The van der Waals surface area contributed by atoms with Crippen LogP contribution in [-0.4, -0.2) is 58.3 Å². The zero-order valence-electron chi connectivity index (χ0n) is 17.4. The number of fused-ring (bicyclic) bond motifs is 3. The molecule has 2 atom stereocenters. The number of rotatable bonds is 4. The van der Waals surface area contributed by atoms with E-state index in [0.717, 1.165) is 22.3 Å². The molecule has 0 spiro atoms. The van der Waals surface area contributed by atoms with E-state index in [-0.39, 0.29) is 24.4 Å². The molecule has 1 aliphatic heterocycles. The van der Waals surface area contributed by atoms with E-state index < -0.39 is 24.0 Å². The summed E-state index contributed by atoms with van der Waals surface area (Å²) in [5.74, 6) is 3.67. The van der Waals surface area contributed by atoms with Crippen LogP contribution in [0.15, 0.2) is 48.5 Å². The lowest BCUT2D eigenvalue weighted by Crippen LogP contribution is -2.44. The molecule has 2 aliphatic rings. The highest BCUT2D eigenvalue weighted by Crippen LogP contribution is 2.44. The van der Waals surface area contributed by atoms with Crippen molar-refractivity contribution in [1.29, 1.82) is 0 Å². The minimum Gasteiger partial charge on any atom is -0.480 e. The monoisotopic (exact) mass is 450 g/mol. The molecule has 4 rings (SSSR count). The fourth-order valence-electron chi connectivity index (χ4n) is 4.09. The number of amides is 2. The maximum atomic E-state index is 12.3. The molecule has 32 heavy (non-hydrogen) atoms. The Morgan fingerprint density at radius 3 is 2.38 bits per heavy atom. The summed E-state index contributed by atoms with van der Waals surface area (Å²) < 4.78 is 5.42. The first kappa shape index (κ1) is 21.8. The van der Waals surface area contributed by atoms with Crippen molar-refractivity contribution in [3.63, 3.8) is 0 Å². The molecule has 1 aliphatic carbocycles. The van der Waals surface area contributed by atoms with E-state index in [4.69, 9.17) is 4.74 Å². The van der Waals surface area contributed by atoms with Gasteiger partial charge in [-0.15, -0.1) is 11.8 Å². The normalized spacial score (nSPS) is 18.8. The molecule has 2 N–H and O–H groups in total. The number of thioether (sulfide) groups is 1. The van der Waals surface area contributed by atoms with Crippen molar-refractivity contribution < 1.29 is 24.2 Å². The quantitative estimate of drug-likeness (QED) is 0.696. The summed E-state index contributed by atoms with van der Waals surface area (Å²) in [5.41, 5.74) is 4.54. The molecule has 2 unspecified atom stereocenters. The van der Waals surface area contributed by atoms with E-state index in [1.807, 2.05) is 36.4 Å². The van der Waals surface area contributed by atoms with Crippen LogP contribution in [-0.2, 0) is 14.3 Å². The van der Waals surface area contributed by atoms with Crippen molar-refractivity contribution in [1.82, 2.24) is 10.2 Å². The Bertz CT molecular complexity index is 1080. The zero-order chi connectivity index (χ0) is 22.7. The Morgan fingerprint density at radius 1 is 1.12 bits per heavy atom. The van der Waals surface area contributed by atoms with Crippen LogP contribution >= 0.6 is 11.8 Å². The highest BCUT2D eigenvalue weighted by molar-refractivity contribution is 8.00. The van der Waals surface area contributed by atoms with Gasteiger partial charge in [-0.3, -0.25) is 4.79 Å². The summed E-state index contributed by atoms with van der Waals surface area (Å²) in [6.07, 6.45) is -0.623. The molecule has 0 bridgehead atoms. The van der Waals surface area contributed by atoms with Gasteiger partial charge in [0.15, 0.2) is 0 Å². The maximum Gasteiger partial charge on any atom is 0.407 e. The van der Waals surface area contributed by atoms with Gasteiger partial charge in [0.1, 0.15) is 12.6 Å². The van der Waals surface area contributed by atoms with Crippen LogP contribution < -0.4 is 5.32 Å². The second kappa shape index (κ2) is 9.37. The van der Waals surface area contributed by atoms with E-state index >= 15 is 0 Å². The molecule has 0 aromatic heterocycles. The molecule has 7 nitrogen and oxygen atoms in total. The number of alkyl carbamates (subject to hydrolysis) is 1. The second-order valence-corrected chi connectivity index (χ2v) is 8.83. The number of nitrogens with one attached hydrogen (secondary N) is 1. The topological polar surface area (TPSA) is 95.9 Å². The number of carbonyl (C=O) groups excluding carboxylic acids is 2. The van der Waals surface area contributed by atoms with E-state index in [1.54, 1.807) is 6.92 Å². The van der Waals surface area contributed by atoms with Crippen molar-refractivity contribution in [3.8, 4) is 23.0 Å². The van der Waals surface area contributed by atoms with Gasteiger partial charge in [0.2, 0.25) is 0 Å². The van der Waals surface area contributed by atoms with E-state index in [9.17, 15) is 19.5 Å². The molecule has 1 heterocycles. The predicted octanol–water partition coefficient (Wildman–Crippen LogP) is 2.90. The molecule has 164 valence electrons. The van der Waals surface area contributed by atoms with Crippen LogP contribution in [0.3, 0.4) is 0 Å². The Balaban J connectivity index is 1.31. The van der Waals surface area contributed by atoms with Crippen molar-refractivity contribution >= 4 is 29.7 Å². The van der Waals surface area contributed by atoms with Crippen LogP contribution in [0, 0.1) is 11.8 Å². The molecule has 1 saturated heterocycles. The summed E-state index contributed by atoms with van der Waals surface area (Å²) in [6.45, 7) is 1.88. The molecule has 0 saturated carbocycles. The van der Waals surface area contributed by atoms with Gasteiger partial charge in [-0.2, -0.15) is 0 Å². The highest BCUT2D eigenvalue weighted by atomic mass is 32.2. The van der Waals surface area contributed by atoms with Crippen LogP contribution in [0.2, 0.25) is 0 Å². The summed E-state index contributed by atoms with van der Waals surface area (Å²) >= 11 is 1.39. The first-order valence-electron chi connectivity index (χ1n) is 10.2. The standard InChI is InChI=1S/C24H22N2O5S/c1-15-26(21(14-32-15)23(28)29)22(27)11-6-12-25-24(30)31-13-20-18-9-4-2-7-16(18)17-8-3-5-10-19(17)20/h2-5,7-10,15,20-21H,12-14H2,1H3,(H,25,30)(H,28,29). The molecule has 2 aromatic carbocycles. The van der Waals surface area contributed by atoms with Crippen LogP contribution in [0.4, 0.5) is 4.79 Å². The Morgan fingerprint density at radius 2 is 1.75 bits per heavy atom. The van der Waals surface area contributed by atoms with Crippen molar-refractivity contribution in [2.45, 2.75) is 24.3 Å². The van der Waals surface area contributed by atoms with Gasteiger partial charge < -0.3 is 20.1 Å². The van der Waals surface area contributed by atoms with E-state index in [2.05, 4.69) is 29.3 Å². The molecule has 2 aromatic rings. The van der Waals surface area contributed by atoms with Gasteiger partial charge >= 0.3 is 12.1 Å². The Hall–Kier alpha value is -3.44. The SMILES string of the molecule is CC1SCC(C(=O)O)N1C(=O)C#CCNC(=O)OCC1c2ccccc2-c2ccccc21. The maximum absolute atomic E-state index is 12.3. The predicted molar refractivity (Wildman–Crippen MR) is 121 cm³/mol. The van der Waals surface area contributed by atoms with E-state index in [0.29, 0.717) is 5.75 Å². The average Bonchev–Trinajstić information content (AvgIpc) is 3.33. The first-order chi connectivity index (χ1) is 15.5. The van der Waals surface area contributed by atoms with Crippen LogP contribution in [0.1, 0.15) is 24.0 Å². The number of hydrogen-bond donors (Lipinski definition) is 2. The average molecular weight is 451 g/mol. The Kier molecular flexibility index (Phi) is 6.37. The molecule has 0 radical (unpaired) electrons. The lowest BCUT2D eigenvalue weighted by Gasteiger charge is -2.22. The molecular formula is C24H22N2O5S. The number of hydrogen-bond acceptors (Lipinski definition) is 5. The Labute approximate surface area is 190 Å². The van der Waals surface area contributed by atoms with Crippen LogP contribution in [0.5, 0.6) is 0 Å². The van der Waals surface area contributed by atoms with Gasteiger partial charge in [0.05, 0.1) is 11.9 Å². The number of aliphatic carboxylic acids is 1. The number of benzene rings is 2. The molecule has 1 fully saturated rings. The smallest absolute Gasteiger partial charge is 0.407 e. The second-order valence-electron chi connectivity index (χ2n) is 7.48. The largest absolute Gasteiger partial charge is 0.480 e. The summed E-state index contributed by atoms with van der Waals surface area (Å²) in [7, 11) is 0. The van der Waals surface area contributed by atoms with Crippen molar-refractivity contribution in [2.24, 2.45) is 0 Å². The number of nitrogens with zero attached hydrogens (tertiary/aromatic N) is 1. The van der Waals surface area contributed by atoms with Gasteiger partial charge in [0.25, 0.3) is 5.91 Å². The summed E-state index contributed by atoms with van der Waals surface area (Å²) in [4.78, 5) is 37.0. The third-order valence-electron chi connectivity index (χ3n) is 5.60. The lowest BCUT2D eigenvalue weighted by molar-refractivity contribution is -0.146. The van der Waals surface area contributed by atoms with Crippen molar-refractivity contribution in [2.75, 3.05) is 18.9 Å². The third kappa shape index (κ3) is 4.30. The van der Waals surface area contributed by atoms with Gasteiger partial charge in [-0.1, -0.05) is 54.5 Å². The van der Waals surface area contributed by atoms with Gasteiger partial charge in [0, 0.05) is 11.7 Å². The fraction of sp³-hybridized carbons (Fsp3) is 0.292. The van der Waals surface area contributed by atoms with Gasteiger partial charge in [-0.25, -0.2) is 9.59 Å². The molecule has 2 amide bonds. The number of carboxylic acids is 1. The minimum atomic E-state index is -1.05. The first-order valence-corrected chi connectivity index (χ1v) is 11.3. The third-order valence-corrected chi connectivity index (χ3v) is 6.82. The summed E-state index contributed by atoms with van der Waals surface area (Å²) in [6, 6.07) is 15.3. The van der Waals surface area contributed by atoms with E-state index in [1.165, 1.54) is 16.7 Å². The lowest BCUT2D eigenvalue weighted by atomic mass is 9.98. The van der Waals surface area contributed by atoms with Gasteiger partial charge in [-0.05, 0) is 35.1 Å². The van der Waals surface area contributed by atoms with Crippen molar-refractivity contribution in [3.05, 3.63) is 59.7 Å². The molecular weight excluding hydrogens is 428 g/mol. The number of carbonyl (C=O) groups is 3. The minimum absolute atomic E-state index is 0.0390.